The largest absolute Gasteiger partial charge is 0.364 e. The molecule has 0 unspecified atom stereocenters. The number of rotatable bonds is 4. The van der Waals surface area contributed by atoms with Crippen molar-refractivity contribution < 1.29 is 4.39 Å². The summed E-state index contributed by atoms with van der Waals surface area (Å²) in [5.41, 5.74) is 1.04. The van der Waals surface area contributed by atoms with Crippen LogP contribution in [0.1, 0.15) is 17.9 Å². The number of nitrogens with one attached hydrogen (secondary N) is 1. The van der Waals surface area contributed by atoms with Gasteiger partial charge in [0.2, 0.25) is 0 Å². The van der Waals surface area contributed by atoms with Crippen LogP contribution in [-0.4, -0.2) is 30.1 Å². The molecule has 1 aliphatic carbocycles. The van der Waals surface area contributed by atoms with Crippen molar-refractivity contribution in [3.8, 4) is 0 Å². The standard InChI is InChI=1S/C15H17FN4/c1-20(2)15-14(17-6-7-18-15)19-13-9-12(13)10-4-3-5-11(16)8-10/h3-8,12-13H,9H2,1-2H3,(H,17,19)/t12-,13+/m0/s1. The van der Waals surface area contributed by atoms with Crippen molar-refractivity contribution in [1.82, 2.24) is 9.97 Å². The van der Waals surface area contributed by atoms with E-state index in [2.05, 4.69) is 15.3 Å². The molecule has 2 atom stereocenters. The van der Waals surface area contributed by atoms with Gasteiger partial charge in [0.05, 0.1) is 0 Å². The van der Waals surface area contributed by atoms with E-state index in [0.717, 1.165) is 23.6 Å². The van der Waals surface area contributed by atoms with Gasteiger partial charge in [0, 0.05) is 38.4 Å². The Labute approximate surface area is 117 Å². The average molecular weight is 272 g/mol. The number of halogens is 1. The Kier molecular flexibility index (Phi) is 3.26. The molecule has 1 aliphatic rings. The first-order chi connectivity index (χ1) is 9.65. The molecule has 4 nitrogen and oxygen atoms in total. The van der Waals surface area contributed by atoms with Gasteiger partial charge >= 0.3 is 0 Å². The summed E-state index contributed by atoms with van der Waals surface area (Å²) >= 11 is 0. The van der Waals surface area contributed by atoms with Gasteiger partial charge < -0.3 is 10.2 Å². The molecular weight excluding hydrogens is 255 g/mol. The van der Waals surface area contributed by atoms with Crippen LogP contribution in [0.25, 0.3) is 0 Å². The molecular formula is C15H17FN4. The van der Waals surface area contributed by atoms with Crippen molar-refractivity contribution in [3.63, 3.8) is 0 Å². The van der Waals surface area contributed by atoms with Crippen molar-refractivity contribution >= 4 is 11.6 Å². The van der Waals surface area contributed by atoms with Crippen molar-refractivity contribution in [3.05, 3.63) is 48.0 Å². The van der Waals surface area contributed by atoms with Crippen molar-refractivity contribution in [2.24, 2.45) is 0 Å². The summed E-state index contributed by atoms with van der Waals surface area (Å²) in [6.07, 6.45) is 4.35. The molecule has 2 aromatic rings. The molecule has 0 spiro atoms. The van der Waals surface area contributed by atoms with E-state index < -0.39 is 0 Å². The van der Waals surface area contributed by atoms with E-state index in [1.807, 2.05) is 25.1 Å². The maximum atomic E-state index is 13.2. The molecule has 0 amide bonds. The molecule has 1 aromatic heterocycles. The Morgan fingerprint density at radius 3 is 2.80 bits per heavy atom. The summed E-state index contributed by atoms with van der Waals surface area (Å²) in [7, 11) is 3.87. The van der Waals surface area contributed by atoms with Crippen molar-refractivity contribution in [2.45, 2.75) is 18.4 Å². The molecule has 1 heterocycles. The third-order valence-electron chi connectivity index (χ3n) is 3.49. The number of anilines is 2. The number of aromatic nitrogens is 2. The van der Waals surface area contributed by atoms with E-state index in [1.165, 1.54) is 6.07 Å². The number of nitrogens with zero attached hydrogens (tertiary/aromatic N) is 3. The topological polar surface area (TPSA) is 41.1 Å². The van der Waals surface area contributed by atoms with E-state index >= 15 is 0 Å². The lowest BCUT2D eigenvalue weighted by Crippen LogP contribution is -2.16. The van der Waals surface area contributed by atoms with Gasteiger partial charge in [0.25, 0.3) is 0 Å². The minimum Gasteiger partial charge on any atom is -0.364 e. The Bertz CT molecular complexity index is 614. The molecule has 1 saturated carbocycles. The fourth-order valence-corrected chi connectivity index (χ4v) is 2.40. The number of hydrogen-bond acceptors (Lipinski definition) is 4. The Hall–Kier alpha value is -2.17. The first-order valence-electron chi connectivity index (χ1n) is 6.65. The van der Waals surface area contributed by atoms with Crippen LogP contribution in [0, 0.1) is 5.82 Å². The summed E-state index contributed by atoms with van der Waals surface area (Å²) in [6.45, 7) is 0. The number of benzene rings is 1. The summed E-state index contributed by atoms with van der Waals surface area (Å²) in [5.74, 6) is 1.77. The van der Waals surface area contributed by atoms with E-state index in [0.29, 0.717) is 12.0 Å². The summed E-state index contributed by atoms with van der Waals surface area (Å²) in [4.78, 5) is 10.6. The van der Waals surface area contributed by atoms with Crippen LogP contribution < -0.4 is 10.2 Å². The second-order valence-corrected chi connectivity index (χ2v) is 5.27. The monoisotopic (exact) mass is 272 g/mol. The van der Waals surface area contributed by atoms with Gasteiger partial charge in [-0.3, -0.25) is 0 Å². The lowest BCUT2D eigenvalue weighted by molar-refractivity contribution is 0.625. The zero-order valence-electron chi connectivity index (χ0n) is 11.5. The zero-order chi connectivity index (χ0) is 14.1. The van der Waals surface area contributed by atoms with Gasteiger partial charge in [-0.1, -0.05) is 12.1 Å². The van der Waals surface area contributed by atoms with E-state index in [4.69, 9.17) is 0 Å². The van der Waals surface area contributed by atoms with E-state index in [9.17, 15) is 4.39 Å². The Morgan fingerprint density at radius 1 is 1.25 bits per heavy atom. The van der Waals surface area contributed by atoms with Gasteiger partial charge in [0.15, 0.2) is 11.6 Å². The molecule has 1 N–H and O–H groups in total. The van der Waals surface area contributed by atoms with Crippen LogP contribution in [0.3, 0.4) is 0 Å². The van der Waals surface area contributed by atoms with Gasteiger partial charge in [-0.05, 0) is 24.1 Å². The smallest absolute Gasteiger partial charge is 0.171 e. The quantitative estimate of drug-likeness (QED) is 0.929. The highest BCUT2D eigenvalue weighted by Gasteiger charge is 2.39. The lowest BCUT2D eigenvalue weighted by atomic mass is 10.1. The van der Waals surface area contributed by atoms with Crippen molar-refractivity contribution in [2.75, 3.05) is 24.3 Å². The van der Waals surface area contributed by atoms with Gasteiger partial charge in [-0.15, -0.1) is 0 Å². The van der Waals surface area contributed by atoms with Crippen LogP contribution in [-0.2, 0) is 0 Å². The molecule has 1 fully saturated rings. The van der Waals surface area contributed by atoms with Crippen molar-refractivity contribution in [1.29, 1.82) is 0 Å². The molecule has 0 aliphatic heterocycles. The predicted molar refractivity (Wildman–Crippen MR) is 77.5 cm³/mol. The Morgan fingerprint density at radius 2 is 2.05 bits per heavy atom. The average Bonchev–Trinajstić information content (AvgIpc) is 3.18. The minimum absolute atomic E-state index is 0.179. The maximum absolute atomic E-state index is 13.2. The third kappa shape index (κ3) is 2.57. The van der Waals surface area contributed by atoms with Crippen LogP contribution in [0.5, 0.6) is 0 Å². The molecule has 0 radical (unpaired) electrons. The normalized spacial score (nSPS) is 20.6. The second-order valence-electron chi connectivity index (χ2n) is 5.27. The predicted octanol–water partition coefficient (Wildman–Crippen LogP) is 2.65. The van der Waals surface area contributed by atoms with E-state index in [-0.39, 0.29) is 5.82 Å². The molecule has 20 heavy (non-hydrogen) atoms. The lowest BCUT2D eigenvalue weighted by Gasteiger charge is -2.15. The second kappa shape index (κ2) is 5.07. The van der Waals surface area contributed by atoms with Gasteiger partial charge in [0.1, 0.15) is 5.82 Å². The van der Waals surface area contributed by atoms with Crippen LogP contribution in [0.15, 0.2) is 36.7 Å². The fourth-order valence-electron chi connectivity index (χ4n) is 2.40. The third-order valence-corrected chi connectivity index (χ3v) is 3.49. The molecule has 104 valence electrons. The Balaban J connectivity index is 1.72. The summed E-state index contributed by atoms with van der Waals surface area (Å²) in [6, 6.07) is 7.11. The highest BCUT2D eigenvalue weighted by molar-refractivity contribution is 5.61. The molecule has 1 aromatic carbocycles. The van der Waals surface area contributed by atoms with E-state index in [1.54, 1.807) is 24.5 Å². The molecule has 3 rings (SSSR count). The highest BCUT2D eigenvalue weighted by atomic mass is 19.1. The highest BCUT2D eigenvalue weighted by Crippen LogP contribution is 2.43. The number of hydrogen-bond donors (Lipinski definition) is 1. The maximum Gasteiger partial charge on any atom is 0.171 e. The first kappa shape index (κ1) is 12.8. The summed E-state index contributed by atoms with van der Waals surface area (Å²) in [5, 5.41) is 3.40. The molecule has 5 heteroatoms. The van der Waals surface area contributed by atoms with Crippen LogP contribution in [0.4, 0.5) is 16.0 Å². The van der Waals surface area contributed by atoms with Gasteiger partial charge in [-0.2, -0.15) is 0 Å². The summed E-state index contributed by atoms with van der Waals surface area (Å²) < 4.78 is 13.2. The first-order valence-corrected chi connectivity index (χ1v) is 6.65. The fraction of sp³-hybridized carbons (Fsp3) is 0.333. The van der Waals surface area contributed by atoms with Crippen LogP contribution in [0.2, 0.25) is 0 Å². The minimum atomic E-state index is -0.179. The zero-order valence-corrected chi connectivity index (χ0v) is 11.5. The SMILES string of the molecule is CN(C)c1nccnc1N[C@@H]1C[C@H]1c1cccc(F)c1. The van der Waals surface area contributed by atoms with Gasteiger partial charge in [-0.25, -0.2) is 14.4 Å². The molecule has 0 bridgehead atoms. The van der Waals surface area contributed by atoms with Crippen LogP contribution >= 0.6 is 0 Å². The molecule has 0 saturated heterocycles.